The molecule has 0 amide bonds. The summed E-state index contributed by atoms with van der Waals surface area (Å²) in [7, 11) is 0. The van der Waals surface area contributed by atoms with Crippen LogP contribution in [0, 0.1) is 10.1 Å². The number of nitrogen functional groups attached to an aromatic ring is 1. The Morgan fingerprint density at radius 3 is 2.94 bits per heavy atom. The van der Waals surface area contributed by atoms with E-state index in [-0.39, 0.29) is 28.9 Å². The molecule has 9 heteroatoms. The van der Waals surface area contributed by atoms with Gasteiger partial charge >= 0.3 is 0 Å². The molecule has 0 unspecified atom stereocenters. The molecule has 1 heterocycles. The number of non-ortho nitro benzene ring substituents is 1. The van der Waals surface area contributed by atoms with Gasteiger partial charge in [-0.25, -0.2) is 10.1 Å². The first-order valence-electron chi connectivity index (χ1n) is 4.75. The zero-order valence-corrected chi connectivity index (χ0v) is 8.94. The lowest BCUT2D eigenvalue weighted by Gasteiger charge is -1.97. The van der Waals surface area contributed by atoms with Gasteiger partial charge < -0.3 is 10.8 Å². The Labute approximate surface area is 100 Å². The number of nitro groups is 1. The highest BCUT2D eigenvalue weighted by Crippen LogP contribution is 2.21. The van der Waals surface area contributed by atoms with E-state index < -0.39 is 4.92 Å². The van der Waals surface area contributed by atoms with Crippen molar-refractivity contribution in [2.24, 2.45) is 4.99 Å². The van der Waals surface area contributed by atoms with Crippen LogP contribution in [-0.2, 0) is 0 Å². The molecule has 1 aromatic carbocycles. The van der Waals surface area contributed by atoms with Gasteiger partial charge in [0.15, 0.2) is 0 Å². The Balaban J connectivity index is 2.30. The van der Waals surface area contributed by atoms with Crippen LogP contribution >= 0.6 is 0 Å². The van der Waals surface area contributed by atoms with Crippen molar-refractivity contribution < 1.29 is 10.0 Å². The maximum absolute atomic E-state index is 10.6. The summed E-state index contributed by atoms with van der Waals surface area (Å²) in [4.78, 5) is 17.5. The van der Waals surface area contributed by atoms with Crippen molar-refractivity contribution >= 4 is 23.8 Å². The smallest absolute Gasteiger partial charge is 0.270 e. The molecule has 0 radical (unpaired) electrons. The first kappa shape index (κ1) is 11.5. The number of hydrogen-bond donors (Lipinski definition) is 3. The third kappa shape index (κ3) is 2.40. The van der Waals surface area contributed by atoms with Gasteiger partial charge in [-0.05, 0) is 6.07 Å². The summed E-state index contributed by atoms with van der Waals surface area (Å²) in [6.45, 7) is 0. The van der Waals surface area contributed by atoms with Crippen LogP contribution in [0.25, 0.3) is 0 Å². The first-order chi connectivity index (χ1) is 8.56. The van der Waals surface area contributed by atoms with Crippen LogP contribution in [0.3, 0.4) is 0 Å². The van der Waals surface area contributed by atoms with Gasteiger partial charge in [0.2, 0.25) is 5.95 Å². The lowest BCUT2D eigenvalue weighted by atomic mass is 10.2. The summed E-state index contributed by atoms with van der Waals surface area (Å²) in [6, 6.07) is 3.60. The molecule has 2 aromatic rings. The van der Waals surface area contributed by atoms with Gasteiger partial charge in [-0.2, -0.15) is 4.98 Å². The molecule has 1 aromatic heterocycles. The van der Waals surface area contributed by atoms with Gasteiger partial charge in [0.05, 0.1) is 4.92 Å². The number of aromatic nitrogens is 3. The predicted molar refractivity (Wildman–Crippen MR) is 62.8 cm³/mol. The fourth-order valence-corrected chi connectivity index (χ4v) is 1.21. The maximum Gasteiger partial charge on any atom is 0.270 e. The average molecular weight is 248 g/mol. The van der Waals surface area contributed by atoms with E-state index in [1.165, 1.54) is 24.4 Å². The third-order valence-corrected chi connectivity index (χ3v) is 2.03. The Morgan fingerprint density at radius 2 is 2.33 bits per heavy atom. The zero-order chi connectivity index (χ0) is 13.1. The van der Waals surface area contributed by atoms with E-state index >= 15 is 0 Å². The molecule has 0 aliphatic heterocycles. The van der Waals surface area contributed by atoms with Crippen LogP contribution < -0.4 is 5.73 Å². The summed E-state index contributed by atoms with van der Waals surface area (Å²) in [5.74, 6) is 0.0386. The van der Waals surface area contributed by atoms with Crippen LogP contribution in [0.4, 0.5) is 17.6 Å². The SMILES string of the molecule is Nc1nc(/N=C/c2cc([N+](=O)[O-])ccc2O)n[nH]1. The van der Waals surface area contributed by atoms with Crippen molar-refractivity contribution in [1.29, 1.82) is 0 Å². The molecule has 0 aliphatic rings. The van der Waals surface area contributed by atoms with Crippen LogP contribution in [-0.4, -0.2) is 31.4 Å². The molecule has 0 spiro atoms. The summed E-state index contributed by atoms with van der Waals surface area (Å²) in [5.41, 5.74) is 5.34. The molecule has 0 fully saturated rings. The van der Waals surface area contributed by atoms with Crippen LogP contribution in [0.15, 0.2) is 23.2 Å². The second-order valence-electron chi connectivity index (χ2n) is 3.28. The monoisotopic (exact) mass is 248 g/mol. The van der Waals surface area contributed by atoms with Crippen molar-refractivity contribution in [1.82, 2.24) is 15.2 Å². The topological polar surface area (TPSA) is 143 Å². The molecule has 4 N–H and O–H groups in total. The number of aromatic hydroxyl groups is 1. The minimum Gasteiger partial charge on any atom is -0.507 e. The number of phenolic OH excluding ortho intramolecular Hbond substituents is 1. The maximum atomic E-state index is 10.6. The molecular formula is C9H8N6O3. The van der Waals surface area contributed by atoms with Crippen molar-refractivity contribution in [3.63, 3.8) is 0 Å². The fraction of sp³-hybridized carbons (Fsp3) is 0. The number of nitrogens with two attached hydrogens (primary N) is 1. The van der Waals surface area contributed by atoms with Gasteiger partial charge in [-0.15, -0.1) is 5.10 Å². The Bertz CT molecular complexity index is 621. The van der Waals surface area contributed by atoms with Crippen LogP contribution in [0.2, 0.25) is 0 Å². The molecule has 2 rings (SSSR count). The number of nitrogens with one attached hydrogen (secondary N) is 1. The molecule has 18 heavy (non-hydrogen) atoms. The number of rotatable bonds is 3. The Kier molecular flexibility index (Phi) is 2.87. The lowest BCUT2D eigenvalue weighted by molar-refractivity contribution is -0.384. The number of aromatic amines is 1. The third-order valence-electron chi connectivity index (χ3n) is 2.03. The van der Waals surface area contributed by atoms with E-state index in [0.29, 0.717) is 0 Å². The second kappa shape index (κ2) is 4.49. The summed E-state index contributed by atoms with van der Waals surface area (Å²) < 4.78 is 0. The standard InChI is InChI=1S/C9H8N6O3/c10-8-12-9(14-13-8)11-4-5-3-6(15(17)18)1-2-7(5)16/h1-4,16H,(H3,10,12,13,14)/b11-4+. The largest absolute Gasteiger partial charge is 0.507 e. The average Bonchev–Trinajstić information content (AvgIpc) is 2.74. The molecule has 0 saturated carbocycles. The number of aliphatic imine (C=N–C) groups is 1. The van der Waals surface area contributed by atoms with E-state index in [2.05, 4.69) is 20.2 Å². The fourth-order valence-electron chi connectivity index (χ4n) is 1.21. The Hall–Kier alpha value is -2.97. The summed E-state index contributed by atoms with van der Waals surface area (Å²) in [6.07, 6.45) is 1.21. The molecular weight excluding hydrogens is 240 g/mol. The van der Waals surface area contributed by atoms with Gasteiger partial charge in [0.1, 0.15) is 5.75 Å². The highest BCUT2D eigenvalue weighted by molar-refractivity contribution is 5.85. The van der Waals surface area contributed by atoms with Crippen LogP contribution in [0.5, 0.6) is 5.75 Å². The number of phenols is 1. The highest BCUT2D eigenvalue weighted by Gasteiger charge is 2.08. The normalized spacial score (nSPS) is 10.9. The quantitative estimate of drug-likeness (QED) is 0.415. The summed E-state index contributed by atoms with van der Waals surface area (Å²) >= 11 is 0. The summed E-state index contributed by atoms with van der Waals surface area (Å²) in [5, 5.41) is 26.1. The van der Waals surface area contributed by atoms with E-state index in [0.717, 1.165) is 0 Å². The van der Waals surface area contributed by atoms with Crippen molar-refractivity contribution in [3.8, 4) is 5.75 Å². The predicted octanol–water partition coefficient (Wildman–Crippen LogP) is 0.751. The molecule has 0 aliphatic carbocycles. The molecule has 0 atom stereocenters. The number of H-pyrrole nitrogens is 1. The van der Waals surface area contributed by atoms with Gasteiger partial charge in [0, 0.05) is 23.9 Å². The molecule has 92 valence electrons. The number of anilines is 1. The number of nitro benzene ring substituents is 1. The minimum atomic E-state index is -0.568. The second-order valence-corrected chi connectivity index (χ2v) is 3.28. The minimum absolute atomic E-state index is 0.0680. The zero-order valence-electron chi connectivity index (χ0n) is 8.94. The number of nitrogens with zero attached hydrogens (tertiary/aromatic N) is 4. The van der Waals surface area contributed by atoms with E-state index in [9.17, 15) is 15.2 Å². The van der Waals surface area contributed by atoms with E-state index in [1.807, 2.05) is 0 Å². The van der Waals surface area contributed by atoms with Crippen molar-refractivity contribution in [3.05, 3.63) is 33.9 Å². The number of benzene rings is 1. The van der Waals surface area contributed by atoms with Gasteiger partial charge in [0.25, 0.3) is 11.6 Å². The van der Waals surface area contributed by atoms with Gasteiger partial charge in [-0.3, -0.25) is 10.1 Å². The Morgan fingerprint density at radius 1 is 1.56 bits per heavy atom. The van der Waals surface area contributed by atoms with Crippen LogP contribution in [0.1, 0.15) is 5.56 Å². The molecule has 0 bridgehead atoms. The van der Waals surface area contributed by atoms with Gasteiger partial charge in [-0.1, -0.05) is 0 Å². The van der Waals surface area contributed by atoms with Crippen molar-refractivity contribution in [2.75, 3.05) is 5.73 Å². The van der Waals surface area contributed by atoms with Crippen molar-refractivity contribution in [2.45, 2.75) is 0 Å². The van der Waals surface area contributed by atoms with E-state index in [1.54, 1.807) is 0 Å². The number of hydrogen-bond acceptors (Lipinski definition) is 7. The lowest BCUT2D eigenvalue weighted by Crippen LogP contribution is -1.90. The van der Waals surface area contributed by atoms with E-state index in [4.69, 9.17) is 5.73 Å². The highest BCUT2D eigenvalue weighted by atomic mass is 16.6. The molecule has 9 nitrogen and oxygen atoms in total. The first-order valence-corrected chi connectivity index (χ1v) is 4.75. The molecule has 0 saturated heterocycles.